The molecule has 0 bridgehead atoms. The number of aromatic carboxylic acids is 1. The number of carbonyl (C=O) groups is 2. The first-order valence-corrected chi connectivity index (χ1v) is 9.94. The molecule has 2 N–H and O–H groups in total. The van der Waals surface area contributed by atoms with Gasteiger partial charge in [-0.15, -0.1) is 0 Å². The van der Waals surface area contributed by atoms with E-state index in [2.05, 4.69) is 4.72 Å². The van der Waals surface area contributed by atoms with Crippen molar-refractivity contribution in [2.75, 3.05) is 17.8 Å². The third-order valence-electron chi connectivity index (χ3n) is 4.18. The van der Waals surface area contributed by atoms with E-state index in [-0.39, 0.29) is 22.1 Å². The Bertz CT molecular complexity index is 949. The lowest BCUT2D eigenvalue weighted by molar-refractivity contribution is 0.0694. The maximum atomic E-state index is 12.5. The Morgan fingerprint density at radius 1 is 1.04 bits per heavy atom. The Balaban J connectivity index is 2.25. The molecule has 0 aliphatic rings. The molecule has 1 amide bonds. The number of sulfonamides is 1. The van der Waals surface area contributed by atoms with Gasteiger partial charge in [0.15, 0.2) is 0 Å². The fraction of sp³-hybridized carbons (Fsp3) is 0.263. The molecule has 0 radical (unpaired) electrons. The number of anilines is 1. The summed E-state index contributed by atoms with van der Waals surface area (Å²) in [5, 5.41) is 9.16. The highest BCUT2D eigenvalue weighted by Gasteiger charge is 2.18. The molecule has 0 saturated heterocycles. The number of rotatable bonds is 7. The van der Waals surface area contributed by atoms with Gasteiger partial charge in [0.1, 0.15) is 0 Å². The van der Waals surface area contributed by atoms with Crippen molar-refractivity contribution < 1.29 is 23.1 Å². The van der Waals surface area contributed by atoms with Gasteiger partial charge in [0.05, 0.1) is 10.5 Å². The molecule has 8 heteroatoms. The smallest absolute Gasteiger partial charge is 0.335 e. The number of carboxylic acid groups (broad SMARTS) is 1. The molecule has 0 heterocycles. The van der Waals surface area contributed by atoms with Crippen molar-refractivity contribution in [1.82, 2.24) is 4.90 Å². The summed E-state index contributed by atoms with van der Waals surface area (Å²) < 4.78 is 27.5. The van der Waals surface area contributed by atoms with E-state index in [0.717, 1.165) is 6.07 Å². The number of nitrogens with zero attached hydrogens (tertiary/aromatic N) is 1. The van der Waals surface area contributed by atoms with Gasteiger partial charge in [0.2, 0.25) is 0 Å². The van der Waals surface area contributed by atoms with Crippen LogP contribution in [0.15, 0.2) is 47.4 Å². The number of aryl methyl sites for hydroxylation is 1. The molecule has 0 unspecified atom stereocenters. The second-order valence-corrected chi connectivity index (χ2v) is 7.62. The predicted molar refractivity (Wildman–Crippen MR) is 103 cm³/mol. The number of benzene rings is 2. The molecule has 0 spiro atoms. The predicted octanol–water partition coefficient (Wildman–Crippen LogP) is 2.98. The highest BCUT2D eigenvalue weighted by atomic mass is 32.2. The van der Waals surface area contributed by atoms with Crippen LogP contribution in [0.4, 0.5) is 5.69 Å². The van der Waals surface area contributed by atoms with Crippen LogP contribution in [0, 0.1) is 6.92 Å². The van der Waals surface area contributed by atoms with E-state index in [9.17, 15) is 18.0 Å². The van der Waals surface area contributed by atoms with Crippen molar-refractivity contribution in [2.45, 2.75) is 25.7 Å². The lowest BCUT2D eigenvalue weighted by Crippen LogP contribution is -2.30. The molecule has 0 aliphatic carbocycles. The molecule has 0 fully saturated rings. The van der Waals surface area contributed by atoms with Crippen LogP contribution in [0.1, 0.15) is 40.1 Å². The Kier molecular flexibility index (Phi) is 6.22. The fourth-order valence-electron chi connectivity index (χ4n) is 2.59. The van der Waals surface area contributed by atoms with Crippen LogP contribution in [0.5, 0.6) is 0 Å². The fourth-order valence-corrected chi connectivity index (χ4v) is 3.67. The minimum Gasteiger partial charge on any atom is -0.478 e. The normalized spacial score (nSPS) is 11.1. The van der Waals surface area contributed by atoms with Crippen LogP contribution in [0.25, 0.3) is 0 Å². The molecule has 2 aromatic rings. The molecule has 144 valence electrons. The molecule has 0 aromatic heterocycles. The lowest BCUT2D eigenvalue weighted by Gasteiger charge is -2.18. The summed E-state index contributed by atoms with van der Waals surface area (Å²) in [6.07, 6.45) is 0. The van der Waals surface area contributed by atoms with Gasteiger partial charge in [0.25, 0.3) is 15.9 Å². The summed E-state index contributed by atoms with van der Waals surface area (Å²) in [5.41, 5.74) is 1.15. The largest absolute Gasteiger partial charge is 0.478 e. The summed E-state index contributed by atoms with van der Waals surface area (Å²) in [4.78, 5) is 25.0. The number of hydrogen-bond donors (Lipinski definition) is 2. The molecular formula is C19H22N2O5S. The van der Waals surface area contributed by atoms with Crippen LogP contribution in [0.2, 0.25) is 0 Å². The number of amides is 1. The first-order chi connectivity index (χ1) is 12.7. The summed E-state index contributed by atoms with van der Waals surface area (Å²) in [5.74, 6) is -1.32. The summed E-state index contributed by atoms with van der Waals surface area (Å²) in [6, 6.07) is 10.0. The number of carbonyl (C=O) groups excluding carboxylic acids is 1. The standard InChI is InChI=1S/C19H22N2O5S/c1-4-21(5-2)18(22)14-7-9-15(10-8-14)20-27(25,26)16-11-6-13(3)17(12-16)19(23)24/h6-12,20H,4-5H2,1-3H3,(H,23,24). The number of hydrogen-bond acceptors (Lipinski definition) is 4. The molecule has 2 aromatic carbocycles. The van der Waals surface area contributed by atoms with Gasteiger partial charge in [0, 0.05) is 24.3 Å². The topological polar surface area (TPSA) is 104 Å². The van der Waals surface area contributed by atoms with Crippen molar-refractivity contribution >= 4 is 27.6 Å². The molecule has 0 aliphatic heterocycles. The van der Waals surface area contributed by atoms with E-state index < -0.39 is 16.0 Å². The second-order valence-electron chi connectivity index (χ2n) is 5.94. The van der Waals surface area contributed by atoms with E-state index in [1.165, 1.54) is 24.3 Å². The first kappa shape index (κ1) is 20.4. The zero-order chi connectivity index (χ0) is 20.2. The Morgan fingerprint density at radius 2 is 1.63 bits per heavy atom. The van der Waals surface area contributed by atoms with Gasteiger partial charge in [-0.25, -0.2) is 13.2 Å². The van der Waals surface area contributed by atoms with Crippen LogP contribution in [-0.4, -0.2) is 43.4 Å². The van der Waals surface area contributed by atoms with Crippen LogP contribution < -0.4 is 4.72 Å². The van der Waals surface area contributed by atoms with Gasteiger partial charge in [-0.05, 0) is 62.7 Å². The Morgan fingerprint density at radius 3 is 2.15 bits per heavy atom. The van der Waals surface area contributed by atoms with Gasteiger partial charge >= 0.3 is 5.97 Å². The summed E-state index contributed by atoms with van der Waals surface area (Å²) in [7, 11) is -3.95. The number of carboxylic acids is 1. The Hall–Kier alpha value is -2.87. The zero-order valence-electron chi connectivity index (χ0n) is 15.4. The monoisotopic (exact) mass is 390 g/mol. The SMILES string of the molecule is CCN(CC)C(=O)c1ccc(NS(=O)(=O)c2ccc(C)c(C(=O)O)c2)cc1. The summed E-state index contributed by atoms with van der Waals surface area (Å²) in [6.45, 7) is 6.54. The van der Waals surface area contributed by atoms with E-state index in [0.29, 0.717) is 24.2 Å². The molecule has 7 nitrogen and oxygen atoms in total. The molecular weight excluding hydrogens is 368 g/mol. The number of nitrogens with one attached hydrogen (secondary N) is 1. The first-order valence-electron chi connectivity index (χ1n) is 8.45. The van der Waals surface area contributed by atoms with Gasteiger partial charge < -0.3 is 10.0 Å². The minimum atomic E-state index is -3.95. The van der Waals surface area contributed by atoms with Crippen molar-refractivity contribution in [3.8, 4) is 0 Å². The molecule has 27 heavy (non-hydrogen) atoms. The van der Waals surface area contributed by atoms with E-state index in [1.807, 2.05) is 13.8 Å². The molecule has 0 atom stereocenters. The lowest BCUT2D eigenvalue weighted by atomic mass is 10.1. The molecule has 0 saturated carbocycles. The van der Waals surface area contributed by atoms with Crippen molar-refractivity contribution in [1.29, 1.82) is 0 Å². The van der Waals surface area contributed by atoms with Gasteiger partial charge in [-0.3, -0.25) is 9.52 Å². The zero-order valence-corrected chi connectivity index (χ0v) is 16.2. The van der Waals surface area contributed by atoms with Crippen LogP contribution in [-0.2, 0) is 10.0 Å². The van der Waals surface area contributed by atoms with E-state index in [4.69, 9.17) is 5.11 Å². The highest BCUT2D eigenvalue weighted by Crippen LogP contribution is 2.20. The van der Waals surface area contributed by atoms with Crippen molar-refractivity contribution in [3.63, 3.8) is 0 Å². The van der Waals surface area contributed by atoms with Crippen LogP contribution in [0.3, 0.4) is 0 Å². The summed E-state index contributed by atoms with van der Waals surface area (Å²) >= 11 is 0. The Labute approximate surface area is 158 Å². The average Bonchev–Trinajstić information content (AvgIpc) is 2.62. The maximum Gasteiger partial charge on any atom is 0.335 e. The van der Waals surface area contributed by atoms with Gasteiger partial charge in [-0.1, -0.05) is 6.07 Å². The average molecular weight is 390 g/mol. The van der Waals surface area contributed by atoms with Gasteiger partial charge in [-0.2, -0.15) is 0 Å². The molecule has 2 rings (SSSR count). The van der Waals surface area contributed by atoms with Crippen molar-refractivity contribution in [3.05, 3.63) is 59.2 Å². The quantitative estimate of drug-likeness (QED) is 0.756. The van der Waals surface area contributed by atoms with Crippen molar-refractivity contribution in [2.24, 2.45) is 0 Å². The third kappa shape index (κ3) is 4.65. The van der Waals surface area contributed by atoms with E-state index in [1.54, 1.807) is 24.0 Å². The van der Waals surface area contributed by atoms with E-state index >= 15 is 0 Å². The minimum absolute atomic E-state index is 0.0713. The third-order valence-corrected chi connectivity index (χ3v) is 5.56. The second kappa shape index (κ2) is 8.22. The highest BCUT2D eigenvalue weighted by molar-refractivity contribution is 7.92. The maximum absolute atomic E-state index is 12.5. The van der Waals surface area contributed by atoms with Crippen LogP contribution >= 0.6 is 0 Å².